The van der Waals surface area contributed by atoms with E-state index in [1.807, 2.05) is 32.0 Å². The number of aryl methyl sites for hydroxylation is 2. The van der Waals surface area contributed by atoms with Crippen molar-refractivity contribution in [3.05, 3.63) is 57.7 Å². The standard InChI is InChI=1S/C20H19NO4S/c1-11-4-5-14(13(3)21-11)9-25-16-6-15(8-22)19-17(12(2)20(23)24)10-26-18(19)7-16/h4-8,10,12H,9H2,1-3H3,(H,23,24). The largest absolute Gasteiger partial charge is 0.489 e. The highest BCUT2D eigenvalue weighted by Gasteiger charge is 2.20. The van der Waals surface area contributed by atoms with Crippen molar-refractivity contribution < 1.29 is 19.4 Å². The minimum Gasteiger partial charge on any atom is -0.489 e. The second kappa shape index (κ2) is 7.25. The Kier molecular flexibility index (Phi) is 5.04. The van der Waals surface area contributed by atoms with Gasteiger partial charge in [0, 0.05) is 32.6 Å². The quantitative estimate of drug-likeness (QED) is 0.648. The van der Waals surface area contributed by atoms with Gasteiger partial charge in [0.25, 0.3) is 0 Å². The van der Waals surface area contributed by atoms with Crippen molar-refractivity contribution in [2.24, 2.45) is 0 Å². The fraction of sp³-hybridized carbons (Fsp3) is 0.250. The molecule has 0 spiro atoms. The second-order valence-corrected chi connectivity index (χ2v) is 7.15. The highest BCUT2D eigenvalue weighted by molar-refractivity contribution is 7.17. The summed E-state index contributed by atoms with van der Waals surface area (Å²) >= 11 is 1.42. The number of aliphatic carboxylic acids is 1. The Balaban J connectivity index is 1.93. The number of aldehydes is 1. The zero-order chi connectivity index (χ0) is 18.8. The summed E-state index contributed by atoms with van der Waals surface area (Å²) in [7, 11) is 0. The van der Waals surface area contributed by atoms with Crippen molar-refractivity contribution in [3.8, 4) is 5.75 Å². The third-order valence-corrected chi connectivity index (χ3v) is 5.35. The van der Waals surface area contributed by atoms with Crippen LogP contribution in [0.5, 0.6) is 5.75 Å². The molecule has 0 saturated carbocycles. The lowest BCUT2D eigenvalue weighted by atomic mass is 9.97. The topological polar surface area (TPSA) is 76.5 Å². The Bertz CT molecular complexity index is 993. The van der Waals surface area contributed by atoms with E-state index in [0.29, 0.717) is 28.9 Å². The van der Waals surface area contributed by atoms with Gasteiger partial charge in [-0.1, -0.05) is 6.07 Å². The molecule has 3 aromatic rings. The number of carbonyl (C=O) groups excluding carboxylic acids is 1. The normalized spacial score (nSPS) is 12.1. The predicted molar refractivity (Wildman–Crippen MR) is 101 cm³/mol. The lowest BCUT2D eigenvalue weighted by Gasteiger charge is -2.11. The number of pyridine rings is 1. The van der Waals surface area contributed by atoms with E-state index in [1.54, 1.807) is 18.4 Å². The van der Waals surface area contributed by atoms with E-state index in [1.165, 1.54) is 11.3 Å². The van der Waals surface area contributed by atoms with E-state index in [0.717, 1.165) is 27.9 Å². The number of ether oxygens (including phenoxy) is 1. The van der Waals surface area contributed by atoms with E-state index in [4.69, 9.17) is 4.74 Å². The molecule has 134 valence electrons. The minimum absolute atomic E-state index is 0.354. The second-order valence-electron chi connectivity index (χ2n) is 6.24. The van der Waals surface area contributed by atoms with Crippen LogP contribution in [0.1, 0.15) is 45.7 Å². The zero-order valence-electron chi connectivity index (χ0n) is 14.8. The minimum atomic E-state index is -0.913. The molecule has 1 N–H and O–H groups in total. The van der Waals surface area contributed by atoms with Gasteiger partial charge in [-0.2, -0.15) is 0 Å². The molecular formula is C20H19NO4S. The first-order valence-electron chi connectivity index (χ1n) is 8.19. The molecule has 1 unspecified atom stereocenters. The van der Waals surface area contributed by atoms with Crippen molar-refractivity contribution in [1.82, 2.24) is 4.98 Å². The first kappa shape index (κ1) is 18.1. The Morgan fingerprint density at radius 2 is 2.12 bits per heavy atom. The van der Waals surface area contributed by atoms with E-state index >= 15 is 0 Å². The molecule has 0 bridgehead atoms. The molecule has 2 aromatic heterocycles. The van der Waals surface area contributed by atoms with Crippen LogP contribution in [0, 0.1) is 13.8 Å². The van der Waals surface area contributed by atoms with Gasteiger partial charge >= 0.3 is 5.97 Å². The van der Waals surface area contributed by atoms with Gasteiger partial charge in [-0.05, 0) is 49.9 Å². The molecule has 0 aliphatic heterocycles. The lowest BCUT2D eigenvalue weighted by Crippen LogP contribution is -2.07. The van der Waals surface area contributed by atoms with Gasteiger partial charge in [-0.3, -0.25) is 14.6 Å². The summed E-state index contributed by atoms with van der Waals surface area (Å²) in [4.78, 5) is 27.3. The van der Waals surface area contributed by atoms with Gasteiger partial charge in [-0.25, -0.2) is 0 Å². The molecule has 0 aliphatic rings. The molecule has 0 amide bonds. The summed E-state index contributed by atoms with van der Waals surface area (Å²) < 4.78 is 6.71. The number of carboxylic acid groups (broad SMARTS) is 1. The molecule has 0 fully saturated rings. The van der Waals surface area contributed by atoms with Crippen LogP contribution in [0.25, 0.3) is 10.1 Å². The number of fused-ring (bicyclic) bond motifs is 1. The van der Waals surface area contributed by atoms with E-state index < -0.39 is 11.9 Å². The number of rotatable bonds is 6. The fourth-order valence-electron chi connectivity index (χ4n) is 2.86. The molecule has 2 heterocycles. The summed E-state index contributed by atoms with van der Waals surface area (Å²) in [5, 5.41) is 11.8. The van der Waals surface area contributed by atoms with Gasteiger partial charge in [0.2, 0.25) is 0 Å². The molecule has 5 nitrogen and oxygen atoms in total. The number of aromatic nitrogens is 1. The highest BCUT2D eigenvalue weighted by Crippen LogP contribution is 2.36. The summed E-state index contributed by atoms with van der Waals surface area (Å²) in [5.41, 5.74) is 3.95. The fourth-order valence-corrected chi connectivity index (χ4v) is 3.97. The average molecular weight is 369 g/mol. The van der Waals surface area contributed by atoms with Gasteiger partial charge in [0.05, 0.1) is 5.92 Å². The highest BCUT2D eigenvalue weighted by atomic mass is 32.1. The van der Waals surface area contributed by atoms with Crippen LogP contribution >= 0.6 is 11.3 Å². The SMILES string of the molecule is Cc1ccc(COc2cc(C=O)c3c(C(C)C(=O)O)csc3c2)c(C)n1. The number of carbonyl (C=O) groups is 2. The van der Waals surface area contributed by atoms with Crippen LogP contribution in [-0.4, -0.2) is 22.3 Å². The number of hydrogen-bond donors (Lipinski definition) is 1. The molecule has 3 rings (SSSR count). The van der Waals surface area contributed by atoms with Crippen molar-refractivity contribution in [2.45, 2.75) is 33.3 Å². The first-order valence-corrected chi connectivity index (χ1v) is 9.07. The number of carboxylic acids is 1. The van der Waals surface area contributed by atoms with Gasteiger partial charge < -0.3 is 9.84 Å². The smallest absolute Gasteiger partial charge is 0.310 e. The van der Waals surface area contributed by atoms with Crippen LogP contribution in [-0.2, 0) is 11.4 Å². The summed E-state index contributed by atoms with van der Waals surface area (Å²) in [6.45, 7) is 5.85. The lowest BCUT2D eigenvalue weighted by molar-refractivity contribution is -0.138. The zero-order valence-corrected chi connectivity index (χ0v) is 15.6. The maximum absolute atomic E-state index is 11.6. The molecule has 6 heteroatoms. The monoisotopic (exact) mass is 369 g/mol. The summed E-state index contributed by atoms with van der Waals surface area (Å²) in [6, 6.07) is 7.43. The van der Waals surface area contributed by atoms with Gasteiger partial charge in [0.15, 0.2) is 6.29 Å². The van der Waals surface area contributed by atoms with E-state index in [-0.39, 0.29) is 0 Å². The third-order valence-electron chi connectivity index (χ3n) is 4.40. The van der Waals surface area contributed by atoms with Crippen LogP contribution in [0.4, 0.5) is 0 Å². The molecule has 26 heavy (non-hydrogen) atoms. The van der Waals surface area contributed by atoms with E-state index in [9.17, 15) is 14.7 Å². The maximum atomic E-state index is 11.6. The van der Waals surface area contributed by atoms with Crippen molar-refractivity contribution in [1.29, 1.82) is 0 Å². The number of benzene rings is 1. The van der Waals surface area contributed by atoms with Crippen molar-refractivity contribution in [3.63, 3.8) is 0 Å². The van der Waals surface area contributed by atoms with Crippen LogP contribution in [0.15, 0.2) is 29.6 Å². The third kappa shape index (κ3) is 3.46. The van der Waals surface area contributed by atoms with Crippen LogP contribution < -0.4 is 4.74 Å². The molecule has 1 aromatic carbocycles. The predicted octanol–water partition coefficient (Wildman–Crippen LogP) is 4.49. The maximum Gasteiger partial charge on any atom is 0.310 e. The van der Waals surface area contributed by atoms with Gasteiger partial charge in [-0.15, -0.1) is 11.3 Å². The molecule has 0 aliphatic carbocycles. The molecule has 1 atom stereocenters. The number of thiophene rings is 1. The Hall–Kier alpha value is -2.73. The molecule has 0 saturated heterocycles. The Morgan fingerprint density at radius 3 is 2.77 bits per heavy atom. The summed E-state index contributed by atoms with van der Waals surface area (Å²) in [6.07, 6.45) is 0.749. The number of nitrogens with zero attached hydrogens (tertiary/aromatic N) is 1. The number of hydrogen-bond acceptors (Lipinski definition) is 5. The van der Waals surface area contributed by atoms with E-state index in [2.05, 4.69) is 4.98 Å². The average Bonchev–Trinajstić information content (AvgIpc) is 3.03. The van der Waals surface area contributed by atoms with Crippen molar-refractivity contribution >= 4 is 33.7 Å². The first-order chi connectivity index (χ1) is 12.4. The Labute approximate surface area is 155 Å². The van der Waals surface area contributed by atoms with Crippen LogP contribution in [0.3, 0.4) is 0 Å². The van der Waals surface area contributed by atoms with Crippen molar-refractivity contribution in [2.75, 3.05) is 0 Å². The van der Waals surface area contributed by atoms with Crippen LogP contribution in [0.2, 0.25) is 0 Å². The Morgan fingerprint density at radius 1 is 1.35 bits per heavy atom. The molecular weight excluding hydrogens is 350 g/mol. The van der Waals surface area contributed by atoms with Gasteiger partial charge in [0.1, 0.15) is 12.4 Å². The molecule has 0 radical (unpaired) electrons. The summed E-state index contributed by atoms with van der Waals surface area (Å²) in [5.74, 6) is -1.00.